The maximum Gasteiger partial charge on any atom is 0.337 e. The summed E-state index contributed by atoms with van der Waals surface area (Å²) in [6.45, 7) is 0. The van der Waals surface area contributed by atoms with Gasteiger partial charge in [-0.3, -0.25) is 4.72 Å². The maximum atomic E-state index is 11.3. The normalized spacial score (nSPS) is 10.6. The van der Waals surface area contributed by atoms with Crippen molar-refractivity contribution in [1.29, 1.82) is 5.26 Å². The van der Waals surface area contributed by atoms with Gasteiger partial charge in [0.15, 0.2) is 5.75 Å². The zero-order chi connectivity index (χ0) is 13.1. The van der Waals surface area contributed by atoms with Gasteiger partial charge in [0, 0.05) is 5.69 Å². The summed E-state index contributed by atoms with van der Waals surface area (Å²) in [6.07, 6.45) is 0. The number of hydrogen-bond acceptors (Lipinski definition) is 4. The zero-order valence-electron chi connectivity index (χ0n) is 8.34. The fraction of sp³-hybridized carbons (Fsp3) is 0.111. The quantitative estimate of drug-likeness (QED) is 0.860. The van der Waals surface area contributed by atoms with Gasteiger partial charge in [-0.2, -0.15) is 5.26 Å². The predicted octanol–water partition coefficient (Wildman–Crippen LogP) is 1.30. The Hall–Kier alpha value is -1.78. The number of nitrogens with one attached hydrogen (secondary N) is 1. The molecule has 0 atom stereocenters. The minimum atomic E-state index is -3.79. The molecule has 0 radical (unpaired) electrons. The van der Waals surface area contributed by atoms with Crippen LogP contribution in [0.25, 0.3) is 0 Å². The first-order valence-corrected chi connectivity index (χ1v) is 6.29. The maximum absolute atomic E-state index is 11.3. The van der Waals surface area contributed by atoms with Crippen molar-refractivity contribution in [2.45, 2.75) is 0 Å². The van der Waals surface area contributed by atoms with Crippen LogP contribution in [0.1, 0.15) is 10.4 Å². The molecule has 6 nitrogen and oxygen atoms in total. The molecule has 0 aliphatic rings. The van der Waals surface area contributed by atoms with E-state index in [9.17, 15) is 13.2 Å². The first-order chi connectivity index (χ1) is 7.85. The molecule has 17 heavy (non-hydrogen) atoms. The standard InChI is InChI=1S/C9H7ClN2O4S/c10-8-2-1-6(5-7(8)9(13)14)12-17(15,16)4-3-11/h1-2,5,12H,4H2,(H,13,14). The molecular formula is C9H7ClN2O4S. The van der Waals surface area contributed by atoms with Gasteiger partial charge >= 0.3 is 5.97 Å². The molecule has 1 aromatic rings. The average Bonchev–Trinajstić information content (AvgIpc) is 2.20. The number of rotatable bonds is 4. The second-order valence-electron chi connectivity index (χ2n) is 3.02. The van der Waals surface area contributed by atoms with Crippen LogP contribution in [0.5, 0.6) is 0 Å². The van der Waals surface area contributed by atoms with Gasteiger partial charge in [-0.05, 0) is 18.2 Å². The van der Waals surface area contributed by atoms with E-state index in [1.54, 1.807) is 0 Å². The second kappa shape index (κ2) is 5.03. The Labute approximate surface area is 102 Å². The largest absolute Gasteiger partial charge is 0.478 e. The number of hydrogen-bond donors (Lipinski definition) is 2. The number of carboxylic acid groups (broad SMARTS) is 1. The summed E-state index contributed by atoms with van der Waals surface area (Å²) in [5.74, 6) is -1.98. The number of halogens is 1. The Bertz CT molecular complexity index is 592. The highest BCUT2D eigenvalue weighted by Gasteiger charge is 2.13. The smallest absolute Gasteiger partial charge is 0.337 e. The van der Waals surface area contributed by atoms with E-state index in [1.807, 2.05) is 0 Å². The predicted molar refractivity (Wildman–Crippen MR) is 61.4 cm³/mol. The third kappa shape index (κ3) is 3.62. The van der Waals surface area contributed by atoms with Gasteiger partial charge in [0.1, 0.15) is 0 Å². The molecule has 1 aromatic carbocycles. The lowest BCUT2D eigenvalue weighted by Crippen LogP contribution is -2.15. The van der Waals surface area contributed by atoms with Crippen LogP contribution in [-0.4, -0.2) is 25.2 Å². The van der Waals surface area contributed by atoms with Crippen molar-refractivity contribution in [3.8, 4) is 6.07 Å². The van der Waals surface area contributed by atoms with E-state index in [-0.39, 0.29) is 16.3 Å². The van der Waals surface area contributed by atoms with Crippen LogP contribution in [0.4, 0.5) is 5.69 Å². The summed E-state index contributed by atoms with van der Waals surface area (Å²) < 4.78 is 24.6. The van der Waals surface area contributed by atoms with Gasteiger partial charge in [0.2, 0.25) is 10.0 Å². The summed E-state index contributed by atoms with van der Waals surface area (Å²) in [6, 6.07) is 5.14. The molecule has 0 saturated carbocycles. The van der Waals surface area contributed by atoms with Gasteiger partial charge in [-0.15, -0.1) is 0 Å². The highest BCUT2D eigenvalue weighted by molar-refractivity contribution is 7.92. The molecule has 0 unspecified atom stereocenters. The summed E-state index contributed by atoms with van der Waals surface area (Å²) in [7, 11) is -3.79. The summed E-state index contributed by atoms with van der Waals surface area (Å²) in [5, 5.41) is 17.1. The second-order valence-corrected chi connectivity index (χ2v) is 5.15. The number of sulfonamides is 1. The van der Waals surface area contributed by atoms with Gasteiger partial charge in [-0.1, -0.05) is 11.6 Å². The lowest BCUT2D eigenvalue weighted by atomic mass is 10.2. The van der Waals surface area contributed by atoms with E-state index >= 15 is 0 Å². The van der Waals surface area contributed by atoms with Crippen molar-refractivity contribution in [1.82, 2.24) is 0 Å². The lowest BCUT2D eigenvalue weighted by molar-refractivity contribution is 0.0697. The monoisotopic (exact) mass is 274 g/mol. The number of benzene rings is 1. The zero-order valence-corrected chi connectivity index (χ0v) is 9.92. The van der Waals surface area contributed by atoms with E-state index in [4.69, 9.17) is 22.0 Å². The van der Waals surface area contributed by atoms with Gasteiger partial charge in [0.05, 0.1) is 16.7 Å². The van der Waals surface area contributed by atoms with Crippen molar-refractivity contribution < 1.29 is 18.3 Å². The average molecular weight is 275 g/mol. The van der Waals surface area contributed by atoms with Crippen LogP contribution in [0.15, 0.2) is 18.2 Å². The summed E-state index contributed by atoms with van der Waals surface area (Å²) in [4.78, 5) is 10.8. The number of carboxylic acids is 1. The van der Waals surface area contributed by atoms with Crippen LogP contribution >= 0.6 is 11.6 Å². The van der Waals surface area contributed by atoms with Crippen molar-refractivity contribution in [3.05, 3.63) is 28.8 Å². The molecule has 0 aliphatic carbocycles. The van der Waals surface area contributed by atoms with E-state index in [1.165, 1.54) is 18.2 Å². The van der Waals surface area contributed by atoms with Crippen LogP contribution < -0.4 is 4.72 Å². The number of aromatic carboxylic acids is 1. The first-order valence-electron chi connectivity index (χ1n) is 4.26. The van der Waals surface area contributed by atoms with Crippen molar-refractivity contribution in [2.24, 2.45) is 0 Å². The molecule has 0 saturated heterocycles. The lowest BCUT2D eigenvalue weighted by Gasteiger charge is -2.06. The third-order valence-electron chi connectivity index (χ3n) is 1.72. The van der Waals surface area contributed by atoms with Crippen LogP contribution in [0.2, 0.25) is 5.02 Å². The molecule has 0 bridgehead atoms. The highest BCUT2D eigenvalue weighted by Crippen LogP contribution is 2.21. The van der Waals surface area contributed by atoms with E-state index in [0.29, 0.717) is 0 Å². The summed E-state index contributed by atoms with van der Waals surface area (Å²) >= 11 is 5.61. The topological polar surface area (TPSA) is 107 Å². The Morgan fingerprint density at radius 1 is 1.53 bits per heavy atom. The highest BCUT2D eigenvalue weighted by atomic mass is 35.5. The van der Waals surface area contributed by atoms with Crippen LogP contribution in [0.3, 0.4) is 0 Å². The van der Waals surface area contributed by atoms with E-state index in [0.717, 1.165) is 6.07 Å². The van der Waals surface area contributed by atoms with E-state index in [2.05, 4.69) is 4.72 Å². The van der Waals surface area contributed by atoms with Crippen LogP contribution in [-0.2, 0) is 10.0 Å². The fourth-order valence-corrected chi connectivity index (χ4v) is 1.98. The van der Waals surface area contributed by atoms with Crippen molar-refractivity contribution >= 4 is 33.3 Å². The molecule has 2 N–H and O–H groups in total. The molecule has 1 rings (SSSR count). The minimum Gasteiger partial charge on any atom is -0.478 e. The molecule has 0 spiro atoms. The molecule has 0 heterocycles. The fourth-order valence-electron chi connectivity index (χ4n) is 1.05. The molecule has 8 heteroatoms. The van der Waals surface area contributed by atoms with Crippen molar-refractivity contribution in [3.63, 3.8) is 0 Å². The first kappa shape index (κ1) is 13.3. The number of nitriles is 1. The number of anilines is 1. The minimum absolute atomic E-state index is 0.000677. The Morgan fingerprint density at radius 3 is 2.71 bits per heavy atom. The van der Waals surface area contributed by atoms with Gasteiger partial charge in [0.25, 0.3) is 0 Å². The van der Waals surface area contributed by atoms with Crippen LogP contribution in [0, 0.1) is 11.3 Å². The molecular weight excluding hydrogens is 268 g/mol. The number of carbonyl (C=O) groups is 1. The number of nitrogens with zero attached hydrogens (tertiary/aromatic N) is 1. The molecule has 90 valence electrons. The van der Waals surface area contributed by atoms with Gasteiger partial charge < -0.3 is 5.11 Å². The molecule has 0 aromatic heterocycles. The Balaban J connectivity index is 3.07. The Morgan fingerprint density at radius 2 is 2.18 bits per heavy atom. The molecule has 0 fully saturated rings. The van der Waals surface area contributed by atoms with Gasteiger partial charge in [-0.25, -0.2) is 13.2 Å². The SMILES string of the molecule is N#CCS(=O)(=O)Nc1ccc(Cl)c(C(=O)O)c1. The summed E-state index contributed by atoms with van der Waals surface area (Å²) in [5.41, 5.74) is -0.175. The molecule has 0 aliphatic heterocycles. The van der Waals surface area contributed by atoms with E-state index < -0.39 is 21.7 Å². The Kier molecular flexibility index (Phi) is 3.93. The molecule has 0 amide bonds. The van der Waals surface area contributed by atoms with Crippen molar-refractivity contribution in [2.75, 3.05) is 10.5 Å². The third-order valence-corrected chi connectivity index (χ3v) is 3.11.